The summed E-state index contributed by atoms with van der Waals surface area (Å²) in [6.07, 6.45) is 4.06. The third kappa shape index (κ3) is 5.12. The van der Waals surface area contributed by atoms with E-state index in [2.05, 4.69) is 19.2 Å². The van der Waals surface area contributed by atoms with Crippen molar-refractivity contribution >= 4 is 27.5 Å². The fourth-order valence-corrected chi connectivity index (χ4v) is 4.81. The number of methoxy groups -OCH3 is 1. The van der Waals surface area contributed by atoms with Crippen LogP contribution in [-0.4, -0.2) is 22.2 Å². The van der Waals surface area contributed by atoms with Crippen molar-refractivity contribution in [3.05, 3.63) is 61.6 Å². The number of unbranched alkanes of at least 4 members (excludes halogenated alkanes) is 1. The Morgan fingerprint density at radius 1 is 1.22 bits per heavy atom. The summed E-state index contributed by atoms with van der Waals surface area (Å²) in [5.74, 6) is 0.724. The molecule has 0 spiro atoms. The maximum absolute atomic E-state index is 13.1. The Balaban J connectivity index is 1.86. The Labute approximate surface area is 191 Å². The number of ether oxygens (including phenoxy) is 1. The van der Waals surface area contributed by atoms with E-state index >= 15 is 0 Å². The van der Waals surface area contributed by atoms with Crippen molar-refractivity contribution in [2.45, 2.75) is 52.6 Å². The summed E-state index contributed by atoms with van der Waals surface area (Å²) >= 11 is 1.16. The molecule has 0 saturated carbocycles. The van der Waals surface area contributed by atoms with Gasteiger partial charge >= 0.3 is 5.69 Å². The van der Waals surface area contributed by atoms with Crippen molar-refractivity contribution in [2.24, 2.45) is 13.0 Å². The Hall–Kier alpha value is -2.87. The van der Waals surface area contributed by atoms with E-state index in [-0.39, 0.29) is 23.1 Å². The van der Waals surface area contributed by atoms with Gasteiger partial charge in [0, 0.05) is 20.1 Å². The van der Waals surface area contributed by atoms with Gasteiger partial charge in [-0.05, 0) is 36.1 Å². The van der Waals surface area contributed by atoms with E-state index in [4.69, 9.17) is 4.74 Å². The van der Waals surface area contributed by atoms with E-state index in [1.54, 1.807) is 20.2 Å². The fourth-order valence-electron chi connectivity index (χ4n) is 3.78. The molecule has 0 aliphatic heterocycles. The number of benzene rings is 1. The highest BCUT2D eigenvalue weighted by Gasteiger charge is 2.19. The average Bonchev–Trinajstić information content (AvgIpc) is 3.27. The zero-order valence-electron chi connectivity index (χ0n) is 19.1. The van der Waals surface area contributed by atoms with Crippen LogP contribution in [0.2, 0.25) is 0 Å². The van der Waals surface area contributed by atoms with Crippen LogP contribution >= 0.6 is 11.3 Å². The summed E-state index contributed by atoms with van der Waals surface area (Å²) in [6, 6.07) is 9.07. The van der Waals surface area contributed by atoms with Gasteiger partial charge in [-0.3, -0.25) is 18.7 Å². The number of fused-ring (bicyclic) bond motifs is 1. The van der Waals surface area contributed by atoms with Gasteiger partial charge in [0.25, 0.3) is 11.5 Å². The van der Waals surface area contributed by atoms with Gasteiger partial charge in [-0.15, -0.1) is 11.3 Å². The minimum Gasteiger partial charge on any atom is -0.497 e. The summed E-state index contributed by atoms with van der Waals surface area (Å²) in [4.78, 5) is 39.7. The number of aryl methyl sites for hydroxylation is 1. The lowest BCUT2D eigenvalue weighted by molar-refractivity contribution is 0.0955. The highest BCUT2D eigenvalue weighted by molar-refractivity contribution is 7.20. The van der Waals surface area contributed by atoms with Crippen LogP contribution in [0.3, 0.4) is 0 Å². The predicted octanol–water partition coefficient (Wildman–Crippen LogP) is 3.92. The monoisotopic (exact) mass is 457 g/mol. The number of carbonyl (C=O) groups is 1. The maximum Gasteiger partial charge on any atom is 0.331 e. The Morgan fingerprint density at radius 3 is 2.69 bits per heavy atom. The Morgan fingerprint density at radius 2 is 2.00 bits per heavy atom. The number of hydrogen-bond donors (Lipinski definition) is 1. The van der Waals surface area contributed by atoms with Crippen LogP contribution in [0.5, 0.6) is 5.75 Å². The van der Waals surface area contributed by atoms with Gasteiger partial charge in [-0.25, -0.2) is 4.79 Å². The molecule has 172 valence electrons. The molecule has 0 radical (unpaired) electrons. The predicted molar refractivity (Wildman–Crippen MR) is 129 cm³/mol. The first kappa shape index (κ1) is 23.8. The van der Waals surface area contributed by atoms with Crippen molar-refractivity contribution in [1.29, 1.82) is 0 Å². The number of nitrogens with zero attached hydrogens (tertiary/aromatic N) is 2. The van der Waals surface area contributed by atoms with Gasteiger partial charge in [0.1, 0.15) is 10.6 Å². The molecular formula is C24H31N3O4S. The molecule has 3 aromatic rings. The molecule has 1 aromatic carbocycles. The van der Waals surface area contributed by atoms with Crippen molar-refractivity contribution in [3.8, 4) is 5.75 Å². The molecule has 0 saturated heterocycles. The summed E-state index contributed by atoms with van der Waals surface area (Å²) < 4.78 is 8.02. The Bertz CT molecular complexity index is 1210. The smallest absolute Gasteiger partial charge is 0.331 e. The normalized spacial score (nSPS) is 12.1. The molecule has 1 unspecified atom stereocenters. The molecular weight excluding hydrogens is 426 g/mol. The summed E-state index contributed by atoms with van der Waals surface area (Å²) in [7, 11) is 3.25. The SMILES string of the molecule is CCCCC(CC)Cn1c(=O)c2cc(C(=O)NCc3cccc(OC)c3)sc2n(C)c1=O. The van der Waals surface area contributed by atoms with Crippen LogP contribution in [0.1, 0.15) is 54.8 Å². The summed E-state index contributed by atoms with van der Waals surface area (Å²) in [6.45, 7) is 4.97. The van der Waals surface area contributed by atoms with Gasteiger partial charge < -0.3 is 10.1 Å². The molecule has 3 rings (SSSR count). The van der Waals surface area contributed by atoms with Gasteiger partial charge in [0.2, 0.25) is 0 Å². The van der Waals surface area contributed by atoms with E-state index in [0.29, 0.717) is 28.2 Å². The number of aromatic nitrogens is 2. The summed E-state index contributed by atoms with van der Waals surface area (Å²) in [5, 5.41) is 3.29. The van der Waals surface area contributed by atoms with E-state index in [1.807, 2.05) is 24.3 Å². The molecule has 32 heavy (non-hydrogen) atoms. The molecule has 8 heteroatoms. The van der Waals surface area contributed by atoms with E-state index < -0.39 is 0 Å². The van der Waals surface area contributed by atoms with Crippen molar-refractivity contribution in [1.82, 2.24) is 14.5 Å². The molecule has 1 atom stereocenters. The second-order valence-corrected chi connectivity index (χ2v) is 9.07. The first-order valence-corrected chi connectivity index (χ1v) is 11.9. The maximum atomic E-state index is 13.1. The summed E-state index contributed by atoms with van der Waals surface area (Å²) in [5.41, 5.74) is 0.259. The number of hydrogen-bond acceptors (Lipinski definition) is 5. The number of rotatable bonds is 10. The lowest BCUT2D eigenvalue weighted by Crippen LogP contribution is -2.40. The Kier molecular flexibility index (Phi) is 7.90. The first-order valence-electron chi connectivity index (χ1n) is 11.0. The quantitative estimate of drug-likeness (QED) is 0.500. The van der Waals surface area contributed by atoms with Gasteiger partial charge in [-0.2, -0.15) is 0 Å². The zero-order valence-corrected chi connectivity index (χ0v) is 20.0. The van der Waals surface area contributed by atoms with Crippen LogP contribution in [0.25, 0.3) is 10.2 Å². The standard InChI is InChI=1S/C24H31N3O4S/c1-5-7-9-16(6-2)15-27-22(29)19-13-20(32-23(19)26(3)24(27)30)21(28)25-14-17-10-8-11-18(12-17)31-4/h8,10-13,16H,5-7,9,14-15H2,1-4H3,(H,25,28). The third-order valence-corrected chi connectivity index (χ3v) is 7.02. The lowest BCUT2D eigenvalue weighted by Gasteiger charge is -2.16. The van der Waals surface area contributed by atoms with Crippen LogP contribution in [-0.2, 0) is 20.1 Å². The molecule has 1 N–H and O–H groups in total. The van der Waals surface area contributed by atoms with E-state index in [9.17, 15) is 14.4 Å². The molecule has 0 bridgehead atoms. The molecule has 0 aliphatic rings. The largest absolute Gasteiger partial charge is 0.497 e. The topological polar surface area (TPSA) is 82.3 Å². The van der Waals surface area contributed by atoms with Crippen molar-refractivity contribution in [3.63, 3.8) is 0 Å². The van der Waals surface area contributed by atoms with Gasteiger partial charge in [0.15, 0.2) is 0 Å². The second kappa shape index (κ2) is 10.6. The fraction of sp³-hybridized carbons (Fsp3) is 0.458. The van der Waals surface area contributed by atoms with Gasteiger partial charge in [-0.1, -0.05) is 45.2 Å². The van der Waals surface area contributed by atoms with Crippen LogP contribution in [0, 0.1) is 5.92 Å². The van der Waals surface area contributed by atoms with Crippen LogP contribution < -0.4 is 21.3 Å². The van der Waals surface area contributed by atoms with Gasteiger partial charge in [0.05, 0.1) is 17.4 Å². The highest BCUT2D eigenvalue weighted by Crippen LogP contribution is 2.22. The van der Waals surface area contributed by atoms with Crippen LogP contribution in [0.4, 0.5) is 0 Å². The average molecular weight is 458 g/mol. The van der Waals surface area contributed by atoms with Crippen LogP contribution in [0.15, 0.2) is 39.9 Å². The zero-order chi connectivity index (χ0) is 23.3. The number of nitrogens with one attached hydrogen (secondary N) is 1. The second-order valence-electron chi connectivity index (χ2n) is 8.04. The molecule has 0 aliphatic carbocycles. The van der Waals surface area contributed by atoms with Crippen molar-refractivity contribution < 1.29 is 9.53 Å². The number of carbonyl (C=O) groups excluding carboxylic acids is 1. The highest BCUT2D eigenvalue weighted by atomic mass is 32.1. The van der Waals surface area contributed by atoms with E-state index in [1.165, 1.54) is 9.13 Å². The minimum absolute atomic E-state index is 0.276. The molecule has 7 nitrogen and oxygen atoms in total. The first-order chi connectivity index (χ1) is 15.4. The molecule has 0 fully saturated rings. The minimum atomic E-state index is -0.331. The molecule has 1 amide bonds. The number of amides is 1. The third-order valence-electron chi connectivity index (χ3n) is 5.81. The molecule has 2 aromatic heterocycles. The van der Waals surface area contributed by atoms with Crippen molar-refractivity contribution in [2.75, 3.05) is 7.11 Å². The molecule has 2 heterocycles. The lowest BCUT2D eigenvalue weighted by atomic mass is 9.99. The number of thiophene rings is 1. The van der Waals surface area contributed by atoms with E-state index in [0.717, 1.165) is 48.3 Å².